The summed E-state index contributed by atoms with van der Waals surface area (Å²) < 4.78 is 38.5. The molecule has 0 aromatic heterocycles. The minimum atomic E-state index is -4.23. The minimum Gasteiger partial charge on any atom is -0.356 e. The van der Waals surface area contributed by atoms with Crippen molar-refractivity contribution in [2.45, 2.75) is 58.5 Å². The van der Waals surface area contributed by atoms with Crippen LogP contribution in [0.4, 0.5) is 13.2 Å². The number of hydrogen-bond acceptors (Lipinski definition) is 2. The summed E-state index contributed by atoms with van der Waals surface area (Å²) in [6.07, 6.45) is 1.66. The molecule has 1 aliphatic rings. The maximum atomic E-state index is 12.8. The van der Waals surface area contributed by atoms with Crippen molar-refractivity contribution in [2.24, 2.45) is 16.1 Å². The van der Waals surface area contributed by atoms with Crippen molar-refractivity contribution >= 4 is 5.84 Å². The van der Waals surface area contributed by atoms with E-state index >= 15 is 0 Å². The maximum absolute atomic E-state index is 12.8. The molecule has 2 rings (SSSR count). The molecule has 0 bridgehead atoms. The van der Waals surface area contributed by atoms with Crippen molar-refractivity contribution in [2.75, 3.05) is 19.6 Å². The van der Waals surface area contributed by atoms with E-state index in [1.807, 2.05) is 6.92 Å². The van der Waals surface area contributed by atoms with Gasteiger partial charge in [0.1, 0.15) is 5.84 Å². The molecule has 1 aromatic carbocycles. The van der Waals surface area contributed by atoms with Gasteiger partial charge in [-0.05, 0) is 61.8 Å². The van der Waals surface area contributed by atoms with Crippen LogP contribution in [0.15, 0.2) is 36.0 Å². The molecule has 1 fully saturated rings. The molecule has 0 aliphatic carbocycles. The Balaban J connectivity index is 2.26. The normalized spacial score (nSPS) is 17.6. The molecule has 2 N–H and O–H groups in total. The van der Waals surface area contributed by atoms with Crippen LogP contribution in [-0.4, -0.2) is 36.5 Å². The zero-order valence-corrected chi connectivity index (χ0v) is 17.0. The second-order valence-corrected chi connectivity index (χ2v) is 7.85. The van der Waals surface area contributed by atoms with E-state index in [1.54, 1.807) is 18.2 Å². The quantitative estimate of drug-likeness (QED) is 0.508. The third kappa shape index (κ3) is 5.84. The van der Waals surface area contributed by atoms with Gasteiger partial charge in [0.05, 0.1) is 6.42 Å². The highest BCUT2D eigenvalue weighted by Crippen LogP contribution is 2.39. The lowest BCUT2D eigenvalue weighted by Crippen LogP contribution is -2.44. The first kappa shape index (κ1) is 22.5. The third-order valence-corrected chi connectivity index (χ3v) is 5.74. The number of likely N-dealkylation sites (tertiary alicyclic amines) is 1. The lowest BCUT2D eigenvalue weighted by Gasteiger charge is -2.43. The highest BCUT2D eigenvalue weighted by Gasteiger charge is 2.34. The average Bonchev–Trinajstić information content (AvgIpc) is 2.62. The van der Waals surface area contributed by atoms with E-state index in [0.29, 0.717) is 6.54 Å². The Hall–Kier alpha value is -1.82. The Morgan fingerprint density at radius 3 is 2.50 bits per heavy atom. The van der Waals surface area contributed by atoms with Gasteiger partial charge in [0.15, 0.2) is 0 Å². The van der Waals surface area contributed by atoms with E-state index in [4.69, 9.17) is 5.73 Å². The largest absolute Gasteiger partial charge is 0.393 e. The number of nitrogens with two attached hydrogens (primary N) is 1. The van der Waals surface area contributed by atoms with Gasteiger partial charge in [-0.2, -0.15) is 13.2 Å². The van der Waals surface area contributed by atoms with Gasteiger partial charge in [-0.15, -0.1) is 0 Å². The molecule has 0 amide bonds. The molecule has 0 unspecified atom stereocenters. The number of hydrogen-bond donors (Lipinski definition) is 1. The Labute approximate surface area is 166 Å². The van der Waals surface area contributed by atoms with Gasteiger partial charge >= 0.3 is 6.18 Å². The van der Waals surface area contributed by atoms with Crippen LogP contribution in [0.5, 0.6) is 0 Å². The summed E-state index contributed by atoms with van der Waals surface area (Å²) in [6.45, 7) is 10.2. The van der Waals surface area contributed by atoms with Gasteiger partial charge in [-0.1, -0.05) is 32.1 Å². The molecule has 1 aromatic rings. The first-order valence-corrected chi connectivity index (χ1v) is 10.0. The number of nitrogens with zero attached hydrogens (tertiary/aromatic N) is 2. The topological polar surface area (TPSA) is 41.6 Å². The van der Waals surface area contributed by atoms with Crippen molar-refractivity contribution in [1.82, 2.24) is 4.90 Å². The smallest absolute Gasteiger partial charge is 0.356 e. The minimum absolute atomic E-state index is 0.255. The van der Waals surface area contributed by atoms with Crippen LogP contribution in [0, 0.1) is 12.3 Å². The number of amidine groups is 1. The van der Waals surface area contributed by atoms with Gasteiger partial charge in [0.2, 0.25) is 0 Å². The Morgan fingerprint density at radius 2 is 1.96 bits per heavy atom. The predicted octanol–water partition coefficient (Wildman–Crippen LogP) is 5.22. The van der Waals surface area contributed by atoms with Gasteiger partial charge in [-0.25, -0.2) is 4.99 Å². The maximum Gasteiger partial charge on any atom is 0.393 e. The zero-order valence-electron chi connectivity index (χ0n) is 17.0. The molecule has 0 atom stereocenters. The highest BCUT2D eigenvalue weighted by atomic mass is 19.4. The van der Waals surface area contributed by atoms with E-state index in [2.05, 4.69) is 23.4 Å². The summed E-state index contributed by atoms with van der Waals surface area (Å²) in [7, 11) is 0. The fourth-order valence-electron chi connectivity index (χ4n) is 4.31. The lowest BCUT2D eigenvalue weighted by molar-refractivity contribution is -0.127. The molecule has 156 valence electrons. The van der Waals surface area contributed by atoms with Gasteiger partial charge < -0.3 is 10.6 Å². The number of aliphatic imine (C=N–C) groups is 1. The number of piperidine rings is 1. The van der Waals surface area contributed by atoms with E-state index in [9.17, 15) is 13.2 Å². The molecular weight excluding hydrogens is 363 g/mol. The molecule has 3 nitrogen and oxygen atoms in total. The van der Waals surface area contributed by atoms with Crippen LogP contribution in [0.25, 0.3) is 0 Å². The Kier molecular flexibility index (Phi) is 7.70. The van der Waals surface area contributed by atoms with Crippen LogP contribution >= 0.6 is 0 Å². The predicted molar refractivity (Wildman–Crippen MR) is 109 cm³/mol. The van der Waals surface area contributed by atoms with Crippen molar-refractivity contribution < 1.29 is 13.2 Å². The van der Waals surface area contributed by atoms with Crippen molar-refractivity contribution in [1.29, 1.82) is 0 Å². The number of benzene rings is 1. The highest BCUT2D eigenvalue weighted by molar-refractivity contribution is 6.00. The molecule has 1 aliphatic heterocycles. The van der Waals surface area contributed by atoms with Crippen LogP contribution in [0.2, 0.25) is 0 Å². The zero-order chi connectivity index (χ0) is 20.8. The molecule has 6 heteroatoms. The molecule has 1 heterocycles. The summed E-state index contributed by atoms with van der Waals surface area (Å²) in [6, 6.07) is 4.91. The van der Waals surface area contributed by atoms with Crippen molar-refractivity contribution in [3.63, 3.8) is 0 Å². The van der Waals surface area contributed by atoms with E-state index in [0.717, 1.165) is 62.2 Å². The van der Waals surface area contributed by atoms with E-state index in [-0.39, 0.29) is 11.0 Å². The molecule has 0 spiro atoms. The number of rotatable bonds is 7. The van der Waals surface area contributed by atoms with Gasteiger partial charge in [0, 0.05) is 24.9 Å². The van der Waals surface area contributed by atoms with Gasteiger partial charge in [0.25, 0.3) is 0 Å². The summed E-state index contributed by atoms with van der Waals surface area (Å²) in [5.41, 5.74) is 8.05. The monoisotopic (exact) mass is 395 g/mol. The summed E-state index contributed by atoms with van der Waals surface area (Å²) in [5, 5.41) is 0. The summed E-state index contributed by atoms with van der Waals surface area (Å²) in [5.74, 6) is 0.717. The molecule has 28 heavy (non-hydrogen) atoms. The van der Waals surface area contributed by atoms with Crippen LogP contribution < -0.4 is 5.73 Å². The van der Waals surface area contributed by atoms with Crippen LogP contribution in [0.1, 0.15) is 55.7 Å². The van der Waals surface area contributed by atoms with Crippen molar-refractivity contribution in [3.8, 4) is 0 Å². The molecule has 0 radical (unpaired) electrons. The number of alkyl halides is 3. The standard InChI is InChI=1S/C22H32F3N3/c1-4-8-21(9-12-26)10-13-28(14-11-21)20(27-5-2)19-15-18(7-6-17(19)3)16-22(23,24)25/h5-7,15H,2,4,8-14,16,26H2,1,3H3/b27-20+. The Bertz CT molecular complexity index is 679. The van der Waals surface area contributed by atoms with E-state index < -0.39 is 12.6 Å². The van der Waals surface area contributed by atoms with Crippen molar-refractivity contribution in [3.05, 3.63) is 47.7 Å². The second kappa shape index (κ2) is 9.59. The first-order valence-electron chi connectivity index (χ1n) is 10.0. The van der Waals surface area contributed by atoms with E-state index in [1.165, 1.54) is 6.20 Å². The second-order valence-electron chi connectivity index (χ2n) is 7.85. The summed E-state index contributed by atoms with van der Waals surface area (Å²) >= 11 is 0. The number of aryl methyl sites for hydroxylation is 1. The first-order chi connectivity index (χ1) is 13.2. The third-order valence-electron chi connectivity index (χ3n) is 5.74. The molecular formula is C22H32F3N3. The summed E-state index contributed by atoms with van der Waals surface area (Å²) in [4.78, 5) is 6.64. The molecule has 0 saturated carbocycles. The van der Waals surface area contributed by atoms with Crippen LogP contribution in [0.3, 0.4) is 0 Å². The Morgan fingerprint density at radius 1 is 1.29 bits per heavy atom. The lowest BCUT2D eigenvalue weighted by atomic mass is 9.72. The molecule has 1 saturated heterocycles. The van der Waals surface area contributed by atoms with Gasteiger partial charge in [-0.3, -0.25) is 0 Å². The number of halogens is 3. The van der Waals surface area contributed by atoms with Crippen LogP contribution in [-0.2, 0) is 6.42 Å². The SMILES string of the molecule is C=C/N=C(\c1cc(CC(F)(F)F)ccc1C)N1CCC(CCC)(CCN)CC1. The average molecular weight is 396 g/mol. The fourth-order valence-corrected chi connectivity index (χ4v) is 4.31. The fraction of sp³-hybridized carbons (Fsp3) is 0.591.